The monoisotopic (exact) mass is 267 g/mol. The Morgan fingerprint density at radius 3 is 3.00 bits per heavy atom. The van der Waals surface area contributed by atoms with Gasteiger partial charge in [0.15, 0.2) is 0 Å². The lowest BCUT2D eigenvalue weighted by molar-refractivity contribution is 0.127. The molecule has 0 bridgehead atoms. The van der Waals surface area contributed by atoms with E-state index in [1.54, 1.807) is 6.07 Å². The molecule has 1 saturated heterocycles. The summed E-state index contributed by atoms with van der Waals surface area (Å²) in [5.41, 5.74) is 1.70. The third-order valence-corrected chi connectivity index (χ3v) is 4.82. The molecule has 90 valence electrons. The first-order chi connectivity index (χ1) is 8.20. The molecule has 1 fully saturated rings. The molecule has 0 aliphatic carbocycles. The van der Waals surface area contributed by atoms with Crippen LogP contribution in [0.15, 0.2) is 18.2 Å². The molecule has 0 aromatic heterocycles. The summed E-state index contributed by atoms with van der Waals surface area (Å²) in [5, 5.41) is 10.0. The van der Waals surface area contributed by atoms with Crippen molar-refractivity contribution in [2.24, 2.45) is 0 Å². The van der Waals surface area contributed by atoms with Gasteiger partial charge in [0.1, 0.15) is 0 Å². The second kappa shape index (κ2) is 5.77. The number of nitriles is 1. The van der Waals surface area contributed by atoms with Gasteiger partial charge in [-0.2, -0.15) is 17.0 Å². The van der Waals surface area contributed by atoms with E-state index in [-0.39, 0.29) is 0 Å². The zero-order valence-corrected chi connectivity index (χ0v) is 11.2. The van der Waals surface area contributed by atoms with Gasteiger partial charge in [0.2, 0.25) is 0 Å². The highest BCUT2D eigenvalue weighted by Crippen LogP contribution is 2.31. The standard InChI is InChI=1S/C13H14ClNOS/c1-9-13(4-5-16-9)17-8-11-3-2-10(7-15)6-12(11)14/h2-3,6,9,13H,4-5,8H2,1H3. The number of hydrogen-bond acceptors (Lipinski definition) is 3. The van der Waals surface area contributed by atoms with E-state index in [4.69, 9.17) is 21.6 Å². The largest absolute Gasteiger partial charge is 0.377 e. The Morgan fingerprint density at radius 1 is 1.59 bits per heavy atom. The molecule has 4 heteroatoms. The van der Waals surface area contributed by atoms with Crippen LogP contribution in [0.3, 0.4) is 0 Å². The molecule has 1 aromatic carbocycles. The summed E-state index contributed by atoms with van der Waals surface area (Å²) in [6.45, 7) is 2.98. The molecule has 2 atom stereocenters. The van der Waals surface area contributed by atoms with E-state index < -0.39 is 0 Å². The number of thioether (sulfide) groups is 1. The maximum absolute atomic E-state index is 8.76. The van der Waals surface area contributed by atoms with Gasteiger partial charge in [-0.15, -0.1) is 0 Å². The van der Waals surface area contributed by atoms with E-state index in [1.807, 2.05) is 23.9 Å². The van der Waals surface area contributed by atoms with E-state index in [1.165, 1.54) is 0 Å². The van der Waals surface area contributed by atoms with Crippen molar-refractivity contribution in [1.82, 2.24) is 0 Å². The Kier molecular flexibility index (Phi) is 4.33. The number of hydrogen-bond donors (Lipinski definition) is 0. The first-order valence-corrected chi connectivity index (χ1v) is 7.05. The van der Waals surface area contributed by atoms with Crippen molar-refractivity contribution < 1.29 is 4.74 Å². The van der Waals surface area contributed by atoms with Gasteiger partial charge in [-0.05, 0) is 31.0 Å². The number of benzene rings is 1. The van der Waals surface area contributed by atoms with Crippen molar-refractivity contribution in [1.29, 1.82) is 5.26 Å². The summed E-state index contributed by atoms with van der Waals surface area (Å²) in [6.07, 6.45) is 1.44. The third-order valence-electron chi connectivity index (χ3n) is 2.94. The van der Waals surface area contributed by atoms with Gasteiger partial charge in [0.05, 0.1) is 17.7 Å². The summed E-state index contributed by atoms with van der Waals surface area (Å²) >= 11 is 8.01. The number of nitrogens with zero attached hydrogens (tertiary/aromatic N) is 1. The SMILES string of the molecule is CC1OCCC1SCc1ccc(C#N)cc1Cl. The van der Waals surface area contributed by atoms with Crippen molar-refractivity contribution in [2.75, 3.05) is 6.61 Å². The van der Waals surface area contributed by atoms with E-state index >= 15 is 0 Å². The van der Waals surface area contributed by atoms with Crippen molar-refractivity contribution in [2.45, 2.75) is 30.5 Å². The van der Waals surface area contributed by atoms with Crippen LogP contribution in [0.1, 0.15) is 24.5 Å². The van der Waals surface area contributed by atoms with Gasteiger partial charge in [-0.1, -0.05) is 17.7 Å². The Bertz CT molecular complexity index is 444. The van der Waals surface area contributed by atoms with Crippen LogP contribution in [0.5, 0.6) is 0 Å². The van der Waals surface area contributed by atoms with Crippen LogP contribution in [0, 0.1) is 11.3 Å². The van der Waals surface area contributed by atoms with Crippen LogP contribution >= 0.6 is 23.4 Å². The van der Waals surface area contributed by atoms with Crippen molar-refractivity contribution in [3.8, 4) is 6.07 Å². The predicted molar refractivity (Wildman–Crippen MR) is 71.3 cm³/mol. The van der Waals surface area contributed by atoms with Crippen LogP contribution < -0.4 is 0 Å². The molecule has 0 spiro atoms. The average molecular weight is 268 g/mol. The van der Waals surface area contributed by atoms with Gasteiger partial charge in [-0.3, -0.25) is 0 Å². The molecule has 2 rings (SSSR count). The highest BCUT2D eigenvalue weighted by Gasteiger charge is 2.24. The molecule has 2 unspecified atom stereocenters. The zero-order valence-electron chi connectivity index (χ0n) is 9.65. The minimum atomic E-state index is 0.331. The van der Waals surface area contributed by atoms with Gasteiger partial charge >= 0.3 is 0 Å². The van der Waals surface area contributed by atoms with Gasteiger partial charge in [0, 0.05) is 22.6 Å². The summed E-state index contributed by atoms with van der Waals surface area (Å²) in [4.78, 5) is 0. The first kappa shape index (κ1) is 12.8. The predicted octanol–water partition coefficient (Wildman–Crippen LogP) is 3.62. The Balaban J connectivity index is 1.97. The second-order valence-electron chi connectivity index (χ2n) is 4.13. The quantitative estimate of drug-likeness (QED) is 0.839. The lowest BCUT2D eigenvalue weighted by Crippen LogP contribution is -2.13. The van der Waals surface area contributed by atoms with Crippen LogP contribution in [-0.2, 0) is 10.5 Å². The molecule has 2 nitrogen and oxygen atoms in total. The van der Waals surface area contributed by atoms with Crippen LogP contribution in [0.25, 0.3) is 0 Å². The molecule has 1 aliphatic rings. The summed E-state index contributed by atoms with van der Waals surface area (Å²) in [5.74, 6) is 0.878. The van der Waals surface area contributed by atoms with E-state index in [0.717, 1.165) is 24.3 Å². The minimum Gasteiger partial charge on any atom is -0.377 e. The van der Waals surface area contributed by atoms with Gasteiger partial charge in [0.25, 0.3) is 0 Å². The molecule has 0 radical (unpaired) electrons. The fourth-order valence-corrected chi connectivity index (χ4v) is 3.45. The van der Waals surface area contributed by atoms with E-state index in [9.17, 15) is 0 Å². The number of halogens is 1. The topological polar surface area (TPSA) is 33.0 Å². The molecule has 0 saturated carbocycles. The normalized spacial score (nSPS) is 23.6. The molecule has 0 N–H and O–H groups in total. The van der Waals surface area contributed by atoms with Crippen LogP contribution in [0.4, 0.5) is 0 Å². The van der Waals surface area contributed by atoms with Crippen LogP contribution in [-0.4, -0.2) is 18.0 Å². The fourth-order valence-electron chi connectivity index (χ4n) is 1.86. The van der Waals surface area contributed by atoms with Gasteiger partial charge in [-0.25, -0.2) is 0 Å². The summed E-state index contributed by atoms with van der Waals surface area (Å²) in [7, 11) is 0. The number of ether oxygens (including phenoxy) is 1. The maximum Gasteiger partial charge on any atom is 0.0992 e. The lowest BCUT2D eigenvalue weighted by atomic mass is 10.2. The zero-order chi connectivity index (χ0) is 12.3. The molecule has 1 heterocycles. The average Bonchev–Trinajstić information content (AvgIpc) is 2.73. The van der Waals surface area contributed by atoms with E-state index in [2.05, 4.69) is 13.0 Å². The molecule has 1 aromatic rings. The highest BCUT2D eigenvalue weighted by atomic mass is 35.5. The molecule has 1 aliphatic heterocycles. The first-order valence-electron chi connectivity index (χ1n) is 5.62. The fraction of sp³-hybridized carbons (Fsp3) is 0.462. The van der Waals surface area contributed by atoms with E-state index in [0.29, 0.717) is 21.9 Å². The third kappa shape index (κ3) is 3.16. The maximum atomic E-state index is 8.76. The minimum absolute atomic E-state index is 0.331. The Morgan fingerprint density at radius 2 is 2.41 bits per heavy atom. The van der Waals surface area contributed by atoms with Crippen molar-refractivity contribution in [3.63, 3.8) is 0 Å². The highest BCUT2D eigenvalue weighted by molar-refractivity contribution is 7.99. The number of rotatable bonds is 3. The van der Waals surface area contributed by atoms with Gasteiger partial charge < -0.3 is 4.74 Å². The lowest BCUT2D eigenvalue weighted by Gasteiger charge is -2.13. The molecule has 0 amide bonds. The summed E-state index contributed by atoms with van der Waals surface area (Å²) < 4.78 is 5.52. The van der Waals surface area contributed by atoms with Crippen molar-refractivity contribution >= 4 is 23.4 Å². The molecular formula is C13H14ClNOS. The van der Waals surface area contributed by atoms with Crippen molar-refractivity contribution in [3.05, 3.63) is 34.3 Å². The molecule has 17 heavy (non-hydrogen) atoms. The Hall–Kier alpha value is -0.690. The van der Waals surface area contributed by atoms with Crippen LogP contribution in [0.2, 0.25) is 5.02 Å². The Labute approximate surface area is 111 Å². The second-order valence-corrected chi connectivity index (χ2v) is 5.77. The smallest absolute Gasteiger partial charge is 0.0992 e. The molecular weight excluding hydrogens is 254 g/mol. The summed E-state index contributed by atoms with van der Waals surface area (Å²) in [6, 6.07) is 7.57.